The van der Waals surface area contributed by atoms with Crippen LogP contribution in [0.15, 0.2) is 83.5 Å². The van der Waals surface area contributed by atoms with Gasteiger partial charge in [0.25, 0.3) is 17.7 Å². The lowest BCUT2D eigenvalue weighted by atomic mass is 10.1. The average molecular weight is 522 g/mol. The molecule has 0 spiro atoms. The lowest BCUT2D eigenvalue weighted by molar-refractivity contribution is -0.120. The summed E-state index contributed by atoms with van der Waals surface area (Å²) >= 11 is 6.11. The molecule has 1 aliphatic rings. The number of hydrogen-bond donors (Lipinski definition) is 2. The van der Waals surface area contributed by atoms with Crippen molar-refractivity contribution in [3.63, 3.8) is 0 Å². The van der Waals surface area contributed by atoms with Crippen LogP contribution in [0, 0.1) is 5.82 Å². The summed E-state index contributed by atoms with van der Waals surface area (Å²) in [6.45, 7) is 2.22. The number of carbonyl (C=O) groups excluding carboxylic acids is 4. The number of esters is 1. The third kappa shape index (κ3) is 5.52. The average Bonchev–Trinajstić information content (AvgIpc) is 3.11. The lowest BCUT2D eigenvalue weighted by Crippen LogP contribution is -2.33. The summed E-state index contributed by atoms with van der Waals surface area (Å²) in [6, 6.07) is 17.8. The quantitative estimate of drug-likeness (QED) is 0.316. The molecule has 0 radical (unpaired) electrons. The molecular formula is C27H21ClFN3O5. The van der Waals surface area contributed by atoms with Gasteiger partial charge in [0, 0.05) is 16.9 Å². The fraction of sp³-hybridized carbons (Fsp3) is 0.111. The van der Waals surface area contributed by atoms with E-state index in [4.69, 9.17) is 16.3 Å². The highest BCUT2D eigenvalue weighted by Gasteiger charge is 2.40. The molecule has 0 saturated carbocycles. The zero-order valence-corrected chi connectivity index (χ0v) is 20.3. The molecule has 3 aromatic rings. The van der Waals surface area contributed by atoms with Crippen LogP contribution < -0.4 is 15.5 Å². The van der Waals surface area contributed by atoms with Crippen molar-refractivity contribution >= 4 is 52.4 Å². The number of carbonyl (C=O) groups is 4. The minimum Gasteiger partial charge on any atom is -0.462 e. The van der Waals surface area contributed by atoms with E-state index in [1.807, 2.05) is 6.92 Å². The highest BCUT2D eigenvalue weighted by Crippen LogP contribution is 2.31. The molecule has 37 heavy (non-hydrogen) atoms. The molecule has 1 aliphatic heterocycles. The van der Waals surface area contributed by atoms with Gasteiger partial charge in [-0.25, -0.2) is 14.1 Å². The molecule has 3 aromatic carbocycles. The second-order valence-electron chi connectivity index (χ2n) is 7.96. The maximum atomic E-state index is 14.2. The third-order valence-corrected chi connectivity index (χ3v) is 5.68. The smallest absolute Gasteiger partial charge is 0.338 e. The van der Waals surface area contributed by atoms with Gasteiger partial charge in [-0.1, -0.05) is 36.7 Å². The molecule has 4 rings (SSSR count). The Balaban J connectivity index is 1.46. The van der Waals surface area contributed by atoms with Gasteiger partial charge in [-0.15, -0.1) is 0 Å². The van der Waals surface area contributed by atoms with Crippen LogP contribution in [0.1, 0.15) is 34.1 Å². The van der Waals surface area contributed by atoms with Crippen molar-refractivity contribution in [3.8, 4) is 0 Å². The Morgan fingerprint density at radius 3 is 2.35 bits per heavy atom. The van der Waals surface area contributed by atoms with Crippen LogP contribution in [-0.2, 0) is 14.3 Å². The van der Waals surface area contributed by atoms with E-state index in [0.717, 1.165) is 6.07 Å². The fourth-order valence-corrected chi connectivity index (χ4v) is 3.73. The standard InChI is InChI=1S/C27H21ClFN3O5/c1-2-14-37-27(36)16-10-12-18(13-11-16)31-24(33)17-6-5-7-19(15-17)30-23-22(28)25(34)32(26(23)35)21-9-4-3-8-20(21)29/h3-13,15,30H,2,14H2,1H3,(H,31,33). The zero-order chi connectivity index (χ0) is 26.5. The van der Waals surface area contributed by atoms with Gasteiger partial charge in [0.05, 0.1) is 17.9 Å². The maximum Gasteiger partial charge on any atom is 0.338 e. The number of hydrogen-bond acceptors (Lipinski definition) is 6. The number of ether oxygens (including phenoxy) is 1. The molecule has 10 heteroatoms. The molecule has 0 atom stereocenters. The molecule has 188 valence electrons. The highest BCUT2D eigenvalue weighted by atomic mass is 35.5. The van der Waals surface area contributed by atoms with E-state index < -0.39 is 34.5 Å². The number of nitrogens with zero attached hydrogens (tertiary/aromatic N) is 1. The number of nitrogens with one attached hydrogen (secondary N) is 2. The molecule has 1 heterocycles. The summed E-state index contributed by atoms with van der Waals surface area (Å²) in [5, 5.41) is 5.09. The molecule has 2 N–H and O–H groups in total. The summed E-state index contributed by atoms with van der Waals surface area (Å²) < 4.78 is 19.3. The first-order valence-corrected chi connectivity index (χ1v) is 11.7. The number of amides is 3. The topological polar surface area (TPSA) is 105 Å². The van der Waals surface area contributed by atoms with Gasteiger partial charge < -0.3 is 15.4 Å². The molecule has 0 unspecified atom stereocenters. The predicted octanol–water partition coefficient (Wildman–Crippen LogP) is 5.08. The first-order valence-electron chi connectivity index (χ1n) is 11.3. The van der Waals surface area contributed by atoms with Crippen molar-refractivity contribution in [3.05, 3.63) is 100 Å². The molecule has 0 aromatic heterocycles. The van der Waals surface area contributed by atoms with Crippen LogP contribution in [0.4, 0.5) is 21.5 Å². The minimum absolute atomic E-state index is 0.217. The summed E-state index contributed by atoms with van der Waals surface area (Å²) in [5.41, 5.74) is 0.923. The van der Waals surface area contributed by atoms with Crippen molar-refractivity contribution in [2.24, 2.45) is 0 Å². The molecule has 0 fully saturated rings. The Hall–Kier alpha value is -4.50. The number of para-hydroxylation sites is 1. The van der Waals surface area contributed by atoms with Crippen LogP contribution in [-0.4, -0.2) is 30.3 Å². The van der Waals surface area contributed by atoms with Gasteiger partial charge in [-0.05, 0) is 61.0 Å². The largest absolute Gasteiger partial charge is 0.462 e. The monoisotopic (exact) mass is 521 g/mol. The first-order chi connectivity index (χ1) is 17.8. The van der Waals surface area contributed by atoms with E-state index >= 15 is 0 Å². The molecule has 0 bridgehead atoms. The van der Waals surface area contributed by atoms with Crippen molar-refractivity contribution in [1.82, 2.24) is 0 Å². The van der Waals surface area contributed by atoms with Crippen LogP contribution >= 0.6 is 11.6 Å². The first kappa shape index (κ1) is 25.6. The summed E-state index contributed by atoms with van der Waals surface area (Å²) in [5.74, 6) is -3.34. The Kier molecular flexibility index (Phi) is 7.64. The summed E-state index contributed by atoms with van der Waals surface area (Å²) in [4.78, 5) is 50.8. The number of rotatable bonds is 8. The summed E-state index contributed by atoms with van der Waals surface area (Å²) in [6.07, 6.45) is 0.714. The van der Waals surface area contributed by atoms with Gasteiger partial charge >= 0.3 is 5.97 Å². The SMILES string of the molecule is CCCOC(=O)c1ccc(NC(=O)c2cccc(NC3=C(Cl)C(=O)N(c4ccccc4F)C3=O)c2)cc1. The van der Waals surface area contributed by atoms with Crippen molar-refractivity contribution in [2.45, 2.75) is 13.3 Å². The van der Waals surface area contributed by atoms with Crippen molar-refractivity contribution < 1.29 is 28.3 Å². The van der Waals surface area contributed by atoms with E-state index in [0.29, 0.717) is 34.9 Å². The van der Waals surface area contributed by atoms with E-state index in [1.165, 1.54) is 24.3 Å². The van der Waals surface area contributed by atoms with Crippen molar-refractivity contribution in [2.75, 3.05) is 22.1 Å². The molecule has 0 aliphatic carbocycles. The van der Waals surface area contributed by atoms with Gasteiger partial charge in [0.15, 0.2) is 0 Å². The second-order valence-corrected chi connectivity index (χ2v) is 8.34. The van der Waals surface area contributed by atoms with E-state index in [1.54, 1.807) is 42.5 Å². The highest BCUT2D eigenvalue weighted by molar-refractivity contribution is 6.53. The number of halogens is 2. The van der Waals surface area contributed by atoms with Crippen LogP contribution in [0.5, 0.6) is 0 Å². The summed E-state index contributed by atoms with van der Waals surface area (Å²) in [7, 11) is 0. The third-order valence-electron chi connectivity index (χ3n) is 5.33. The Labute approximate surface area is 216 Å². The van der Waals surface area contributed by atoms with Crippen LogP contribution in [0.25, 0.3) is 0 Å². The predicted molar refractivity (Wildman–Crippen MR) is 137 cm³/mol. The van der Waals surface area contributed by atoms with Gasteiger partial charge in [0.1, 0.15) is 16.5 Å². The second kappa shape index (κ2) is 11.0. The Bertz CT molecular complexity index is 1420. The van der Waals surface area contributed by atoms with Gasteiger partial charge in [0.2, 0.25) is 0 Å². The maximum absolute atomic E-state index is 14.2. The number of imide groups is 1. The van der Waals surface area contributed by atoms with Crippen LogP contribution in [0.3, 0.4) is 0 Å². The lowest BCUT2D eigenvalue weighted by Gasteiger charge is -2.15. The van der Waals surface area contributed by atoms with Gasteiger partial charge in [-0.3, -0.25) is 14.4 Å². The molecular weight excluding hydrogens is 501 g/mol. The fourth-order valence-electron chi connectivity index (χ4n) is 3.52. The van der Waals surface area contributed by atoms with Crippen LogP contribution in [0.2, 0.25) is 0 Å². The normalized spacial score (nSPS) is 13.1. The number of anilines is 3. The Morgan fingerprint density at radius 1 is 0.919 bits per heavy atom. The Morgan fingerprint density at radius 2 is 1.65 bits per heavy atom. The van der Waals surface area contributed by atoms with Gasteiger partial charge in [-0.2, -0.15) is 0 Å². The van der Waals surface area contributed by atoms with E-state index in [9.17, 15) is 23.6 Å². The molecule has 8 nitrogen and oxygen atoms in total. The zero-order valence-electron chi connectivity index (χ0n) is 19.6. The van der Waals surface area contributed by atoms with E-state index in [2.05, 4.69) is 10.6 Å². The molecule has 3 amide bonds. The number of benzene rings is 3. The van der Waals surface area contributed by atoms with Crippen molar-refractivity contribution in [1.29, 1.82) is 0 Å². The van der Waals surface area contributed by atoms with E-state index in [-0.39, 0.29) is 16.9 Å². The molecule has 0 saturated heterocycles. The minimum atomic E-state index is -0.866.